The Morgan fingerprint density at radius 3 is 2.50 bits per heavy atom. The molecule has 2 aromatic carbocycles. The number of ether oxygens (including phenoxy) is 1. The Labute approximate surface area is 172 Å². The van der Waals surface area contributed by atoms with Gasteiger partial charge in [0.2, 0.25) is 0 Å². The van der Waals surface area contributed by atoms with Crippen molar-refractivity contribution in [2.75, 3.05) is 43.1 Å². The molecule has 1 aliphatic rings. The fraction of sp³-hybridized carbons (Fsp3) is 0.333. The van der Waals surface area contributed by atoms with Gasteiger partial charge in [-0.05, 0) is 42.8 Å². The van der Waals surface area contributed by atoms with Crippen molar-refractivity contribution in [3.63, 3.8) is 0 Å². The summed E-state index contributed by atoms with van der Waals surface area (Å²) < 4.78 is 43.6. The minimum absolute atomic E-state index is 0.200. The molecule has 1 fully saturated rings. The number of nitrogens with zero attached hydrogens (tertiary/aromatic N) is 2. The summed E-state index contributed by atoms with van der Waals surface area (Å²) in [6.07, 6.45) is -4.43. The number of morpholine rings is 1. The molecule has 0 aliphatic carbocycles. The quantitative estimate of drug-likeness (QED) is 0.555. The van der Waals surface area contributed by atoms with Gasteiger partial charge in [-0.3, -0.25) is 4.79 Å². The number of hydrazone groups is 1. The van der Waals surface area contributed by atoms with Gasteiger partial charge in [0.15, 0.2) is 0 Å². The number of nitrogens with one attached hydrogen (secondary N) is 2. The average molecular weight is 420 g/mol. The van der Waals surface area contributed by atoms with E-state index in [0.717, 1.165) is 36.5 Å². The summed E-state index contributed by atoms with van der Waals surface area (Å²) in [6, 6.07) is 12.5. The Hall–Kier alpha value is -3.07. The highest BCUT2D eigenvalue weighted by Crippen LogP contribution is 2.30. The lowest BCUT2D eigenvalue weighted by molar-refractivity contribution is -0.137. The van der Waals surface area contributed by atoms with Crippen molar-refractivity contribution >= 4 is 23.0 Å². The highest BCUT2D eigenvalue weighted by atomic mass is 19.4. The first kappa shape index (κ1) is 21.6. The smallest absolute Gasteiger partial charge is 0.378 e. The number of hydrogen-bond donors (Lipinski definition) is 2. The summed E-state index contributed by atoms with van der Waals surface area (Å²) in [7, 11) is 0. The van der Waals surface area contributed by atoms with Crippen LogP contribution in [0.1, 0.15) is 18.1 Å². The number of alkyl halides is 3. The van der Waals surface area contributed by atoms with Crippen LogP contribution in [0.3, 0.4) is 0 Å². The summed E-state index contributed by atoms with van der Waals surface area (Å²) >= 11 is 0. The molecule has 1 amide bonds. The van der Waals surface area contributed by atoms with Crippen LogP contribution in [0, 0.1) is 0 Å². The predicted molar refractivity (Wildman–Crippen MR) is 110 cm³/mol. The number of hydrogen-bond acceptors (Lipinski definition) is 5. The van der Waals surface area contributed by atoms with Crippen LogP contribution in [0.15, 0.2) is 53.6 Å². The summed E-state index contributed by atoms with van der Waals surface area (Å²) in [5.74, 6) is -0.461. The molecule has 0 aromatic heterocycles. The van der Waals surface area contributed by atoms with Crippen LogP contribution < -0.4 is 15.6 Å². The lowest BCUT2D eigenvalue weighted by Gasteiger charge is -2.28. The van der Waals surface area contributed by atoms with Crippen molar-refractivity contribution in [3.8, 4) is 0 Å². The van der Waals surface area contributed by atoms with Crippen molar-refractivity contribution in [2.45, 2.75) is 13.1 Å². The van der Waals surface area contributed by atoms with E-state index in [-0.39, 0.29) is 12.2 Å². The van der Waals surface area contributed by atoms with E-state index in [0.29, 0.717) is 18.9 Å². The number of carbonyl (C=O) groups excluding carboxylic acids is 1. The third-order valence-corrected chi connectivity index (χ3v) is 4.65. The Kier molecular flexibility index (Phi) is 6.94. The van der Waals surface area contributed by atoms with E-state index < -0.39 is 17.6 Å². The molecular weight excluding hydrogens is 397 g/mol. The monoisotopic (exact) mass is 420 g/mol. The molecular formula is C21H23F3N4O2. The molecule has 0 spiro atoms. The highest BCUT2D eigenvalue weighted by Gasteiger charge is 2.30. The van der Waals surface area contributed by atoms with Crippen LogP contribution in [0.5, 0.6) is 0 Å². The normalized spacial score (nSPS) is 15.1. The van der Waals surface area contributed by atoms with Crippen LogP contribution in [-0.2, 0) is 15.7 Å². The van der Waals surface area contributed by atoms with Gasteiger partial charge >= 0.3 is 6.18 Å². The second kappa shape index (κ2) is 9.62. The molecule has 2 aromatic rings. The van der Waals surface area contributed by atoms with Gasteiger partial charge in [0.1, 0.15) is 0 Å². The van der Waals surface area contributed by atoms with E-state index in [1.807, 2.05) is 24.3 Å². The Balaban J connectivity index is 1.52. The maximum absolute atomic E-state index is 12.7. The zero-order valence-corrected chi connectivity index (χ0v) is 16.5. The first-order valence-electron chi connectivity index (χ1n) is 9.50. The van der Waals surface area contributed by atoms with Gasteiger partial charge in [0.25, 0.3) is 5.91 Å². The summed E-state index contributed by atoms with van der Waals surface area (Å²) in [5, 5.41) is 6.74. The van der Waals surface area contributed by atoms with Crippen molar-refractivity contribution in [1.82, 2.24) is 5.43 Å². The molecule has 1 heterocycles. The molecule has 2 N–H and O–H groups in total. The number of carbonyl (C=O) groups is 1. The molecule has 1 aliphatic heterocycles. The number of anilines is 2. The molecule has 1 saturated heterocycles. The predicted octanol–water partition coefficient (Wildman–Crippen LogP) is 3.49. The van der Waals surface area contributed by atoms with Gasteiger partial charge < -0.3 is 15.0 Å². The Bertz CT molecular complexity index is 892. The zero-order valence-electron chi connectivity index (χ0n) is 16.5. The molecule has 30 heavy (non-hydrogen) atoms. The fourth-order valence-electron chi connectivity index (χ4n) is 2.97. The number of rotatable bonds is 6. The highest BCUT2D eigenvalue weighted by molar-refractivity contribution is 5.99. The van der Waals surface area contributed by atoms with Crippen LogP contribution in [-0.4, -0.2) is 44.5 Å². The van der Waals surface area contributed by atoms with Crippen molar-refractivity contribution in [2.24, 2.45) is 5.10 Å². The van der Waals surface area contributed by atoms with Crippen LogP contribution in [0.25, 0.3) is 0 Å². The van der Waals surface area contributed by atoms with Crippen LogP contribution in [0.4, 0.5) is 24.5 Å². The van der Waals surface area contributed by atoms with E-state index >= 15 is 0 Å². The lowest BCUT2D eigenvalue weighted by atomic mass is 10.1. The van der Waals surface area contributed by atoms with E-state index in [9.17, 15) is 18.0 Å². The van der Waals surface area contributed by atoms with Gasteiger partial charge in [-0.15, -0.1) is 0 Å². The average Bonchev–Trinajstić information content (AvgIpc) is 2.76. The fourth-order valence-corrected chi connectivity index (χ4v) is 2.97. The van der Waals surface area contributed by atoms with Crippen LogP contribution >= 0.6 is 0 Å². The SMILES string of the molecule is C/C(=N/NC(=O)CNc1cccc(C(F)(F)F)c1)c1ccc(N2CCOCC2)cc1. The number of benzene rings is 2. The summed E-state index contributed by atoms with van der Waals surface area (Å²) in [4.78, 5) is 14.2. The maximum atomic E-state index is 12.7. The molecule has 6 nitrogen and oxygen atoms in total. The first-order valence-corrected chi connectivity index (χ1v) is 9.50. The molecule has 0 radical (unpaired) electrons. The number of halogens is 3. The molecule has 0 bridgehead atoms. The number of amides is 1. The molecule has 9 heteroatoms. The summed E-state index contributed by atoms with van der Waals surface area (Å²) in [6.45, 7) is 4.69. The second-order valence-corrected chi connectivity index (χ2v) is 6.81. The largest absolute Gasteiger partial charge is 0.416 e. The zero-order chi connectivity index (χ0) is 21.6. The Morgan fingerprint density at radius 2 is 1.83 bits per heavy atom. The van der Waals surface area contributed by atoms with Gasteiger partial charge in [-0.1, -0.05) is 18.2 Å². The van der Waals surface area contributed by atoms with E-state index in [1.54, 1.807) is 6.92 Å². The topological polar surface area (TPSA) is 66.0 Å². The first-order chi connectivity index (χ1) is 14.3. The van der Waals surface area contributed by atoms with Gasteiger partial charge in [0.05, 0.1) is 31.0 Å². The molecule has 0 saturated carbocycles. The van der Waals surface area contributed by atoms with E-state index in [4.69, 9.17) is 4.74 Å². The van der Waals surface area contributed by atoms with Crippen molar-refractivity contribution < 1.29 is 22.7 Å². The van der Waals surface area contributed by atoms with E-state index in [1.165, 1.54) is 12.1 Å². The minimum Gasteiger partial charge on any atom is -0.378 e. The molecule has 3 rings (SSSR count). The van der Waals surface area contributed by atoms with Crippen molar-refractivity contribution in [3.05, 3.63) is 59.7 Å². The third kappa shape index (κ3) is 5.96. The maximum Gasteiger partial charge on any atom is 0.416 e. The molecule has 0 atom stereocenters. The summed E-state index contributed by atoms with van der Waals surface area (Å²) in [5.41, 5.74) is 4.43. The molecule has 160 valence electrons. The van der Waals surface area contributed by atoms with Gasteiger partial charge in [-0.2, -0.15) is 18.3 Å². The second-order valence-electron chi connectivity index (χ2n) is 6.81. The van der Waals surface area contributed by atoms with E-state index in [2.05, 4.69) is 20.7 Å². The van der Waals surface area contributed by atoms with Gasteiger partial charge in [0, 0.05) is 24.5 Å². The minimum atomic E-state index is -4.43. The Morgan fingerprint density at radius 1 is 1.13 bits per heavy atom. The lowest BCUT2D eigenvalue weighted by Crippen LogP contribution is -2.36. The third-order valence-electron chi connectivity index (χ3n) is 4.65. The van der Waals surface area contributed by atoms with Gasteiger partial charge in [-0.25, -0.2) is 5.43 Å². The standard InChI is InChI=1S/C21H23F3N4O2/c1-15(16-5-7-19(8-6-16)28-9-11-30-12-10-28)26-27-20(29)14-25-18-4-2-3-17(13-18)21(22,23)24/h2-8,13,25H,9-12,14H2,1H3,(H,27,29)/b26-15-. The van der Waals surface area contributed by atoms with Crippen LogP contribution in [0.2, 0.25) is 0 Å². The molecule has 0 unspecified atom stereocenters. The van der Waals surface area contributed by atoms with Crippen molar-refractivity contribution in [1.29, 1.82) is 0 Å².